The predicted molar refractivity (Wildman–Crippen MR) is 60.0 cm³/mol. The van der Waals surface area contributed by atoms with Crippen LogP contribution < -0.4 is 11.3 Å². The molecule has 2 atom stereocenters. The summed E-state index contributed by atoms with van der Waals surface area (Å²) in [6.45, 7) is 2.13. The van der Waals surface area contributed by atoms with Gasteiger partial charge >= 0.3 is 0 Å². The SMILES string of the molecule is CCCC(OC)C(NN)c1cccnc1. The number of aromatic nitrogens is 1. The lowest BCUT2D eigenvalue weighted by atomic mass is 10.0. The number of hydrazine groups is 1. The summed E-state index contributed by atoms with van der Waals surface area (Å²) in [6.07, 6.45) is 5.69. The van der Waals surface area contributed by atoms with E-state index in [-0.39, 0.29) is 12.1 Å². The Morgan fingerprint density at radius 3 is 2.87 bits per heavy atom. The molecule has 1 aromatic heterocycles. The highest BCUT2D eigenvalue weighted by atomic mass is 16.5. The molecule has 0 saturated heterocycles. The van der Waals surface area contributed by atoms with Crippen LogP contribution in [0.3, 0.4) is 0 Å². The molecule has 4 nitrogen and oxygen atoms in total. The van der Waals surface area contributed by atoms with Crippen molar-refractivity contribution in [3.63, 3.8) is 0 Å². The van der Waals surface area contributed by atoms with Crippen LogP contribution in [-0.4, -0.2) is 18.2 Å². The van der Waals surface area contributed by atoms with Crippen molar-refractivity contribution in [1.82, 2.24) is 10.4 Å². The second-order valence-electron chi connectivity index (χ2n) is 3.49. The molecule has 15 heavy (non-hydrogen) atoms. The maximum Gasteiger partial charge on any atom is 0.0779 e. The van der Waals surface area contributed by atoms with Gasteiger partial charge in [0.05, 0.1) is 12.1 Å². The molecule has 3 N–H and O–H groups in total. The summed E-state index contributed by atoms with van der Waals surface area (Å²) >= 11 is 0. The van der Waals surface area contributed by atoms with Gasteiger partial charge in [0.1, 0.15) is 0 Å². The lowest BCUT2D eigenvalue weighted by Gasteiger charge is -2.25. The Hall–Kier alpha value is -0.970. The van der Waals surface area contributed by atoms with Gasteiger partial charge in [-0.3, -0.25) is 16.3 Å². The van der Waals surface area contributed by atoms with Crippen molar-refractivity contribution < 1.29 is 4.74 Å². The number of hydrogen-bond donors (Lipinski definition) is 2. The highest BCUT2D eigenvalue weighted by molar-refractivity contribution is 5.15. The van der Waals surface area contributed by atoms with E-state index in [1.165, 1.54) is 0 Å². The summed E-state index contributed by atoms with van der Waals surface area (Å²) in [4.78, 5) is 4.08. The molecule has 0 radical (unpaired) electrons. The van der Waals surface area contributed by atoms with E-state index in [4.69, 9.17) is 10.6 Å². The monoisotopic (exact) mass is 209 g/mol. The molecule has 2 unspecified atom stereocenters. The van der Waals surface area contributed by atoms with E-state index < -0.39 is 0 Å². The fourth-order valence-electron chi connectivity index (χ4n) is 1.68. The van der Waals surface area contributed by atoms with Crippen LogP contribution in [0.5, 0.6) is 0 Å². The number of methoxy groups -OCH3 is 1. The first kappa shape index (κ1) is 12.1. The average molecular weight is 209 g/mol. The number of nitrogens with one attached hydrogen (secondary N) is 1. The molecule has 0 aromatic carbocycles. The van der Waals surface area contributed by atoms with E-state index in [0.29, 0.717) is 0 Å². The number of nitrogens with zero attached hydrogens (tertiary/aromatic N) is 1. The number of pyridine rings is 1. The van der Waals surface area contributed by atoms with Gasteiger partial charge in [-0.05, 0) is 18.1 Å². The van der Waals surface area contributed by atoms with Gasteiger partial charge in [-0.25, -0.2) is 0 Å². The molecular weight excluding hydrogens is 190 g/mol. The van der Waals surface area contributed by atoms with E-state index in [1.54, 1.807) is 13.3 Å². The van der Waals surface area contributed by atoms with Crippen LogP contribution in [0.15, 0.2) is 24.5 Å². The summed E-state index contributed by atoms with van der Waals surface area (Å²) in [7, 11) is 1.71. The second kappa shape index (κ2) is 6.50. The quantitative estimate of drug-likeness (QED) is 0.549. The lowest BCUT2D eigenvalue weighted by molar-refractivity contribution is 0.0605. The number of nitrogens with two attached hydrogens (primary N) is 1. The van der Waals surface area contributed by atoms with Crippen molar-refractivity contribution in [1.29, 1.82) is 0 Å². The zero-order chi connectivity index (χ0) is 11.1. The summed E-state index contributed by atoms with van der Waals surface area (Å²) in [5.41, 5.74) is 3.84. The van der Waals surface area contributed by atoms with Crippen molar-refractivity contribution in [3.05, 3.63) is 30.1 Å². The van der Waals surface area contributed by atoms with Gasteiger partial charge < -0.3 is 4.74 Å². The Morgan fingerprint density at radius 2 is 2.40 bits per heavy atom. The third-order valence-corrected chi connectivity index (χ3v) is 2.47. The Balaban J connectivity index is 2.77. The van der Waals surface area contributed by atoms with E-state index in [2.05, 4.69) is 17.3 Å². The first-order valence-corrected chi connectivity index (χ1v) is 5.22. The maximum absolute atomic E-state index is 5.55. The minimum atomic E-state index is 0.00338. The fraction of sp³-hybridized carbons (Fsp3) is 0.545. The summed E-state index contributed by atoms with van der Waals surface area (Å²) in [5, 5.41) is 0. The predicted octanol–water partition coefficient (Wildman–Crippen LogP) is 1.40. The maximum atomic E-state index is 5.55. The van der Waals surface area contributed by atoms with Gasteiger partial charge in [-0.15, -0.1) is 0 Å². The van der Waals surface area contributed by atoms with E-state index in [1.807, 2.05) is 18.3 Å². The van der Waals surface area contributed by atoms with Gasteiger partial charge in [0.25, 0.3) is 0 Å². The van der Waals surface area contributed by atoms with Gasteiger partial charge in [0.2, 0.25) is 0 Å². The number of ether oxygens (including phenoxy) is 1. The molecule has 0 aliphatic rings. The first-order chi connectivity index (χ1) is 7.33. The molecular formula is C11H19N3O. The highest BCUT2D eigenvalue weighted by Gasteiger charge is 2.20. The molecule has 0 aliphatic carbocycles. The van der Waals surface area contributed by atoms with Crippen molar-refractivity contribution in [2.45, 2.75) is 31.9 Å². The van der Waals surface area contributed by atoms with E-state index in [0.717, 1.165) is 18.4 Å². The summed E-state index contributed by atoms with van der Waals surface area (Å²) in [5.74, 6) is 5.55. The Kier molecular flexibility index (Phi) is 5.25. The Labute approximate surface area is 90.8 Å². The molecule has 1 rings (SSSR count). The summed E-state index contributed by atoms with van der Waals surface area (Å²) < 4.78 is 5.43. The van der Waals surface area contributed by atoms with Gasteiger partial charge in [0.15, 0.2) is 0 Å². The van der Waals surface area contributed by atoms with Crippen LogP contribution in [0.2, 0.25) is 0 Å². The van der Waals surface area contributed by atoms with Crippen LogP contribution in [0.4, 0.5) is 0 Å². The van der Waals surface area contributed by atoms with Crippen molar-refractivity contribution in [2.75, 3.05) is 7.11 Å². The average Bonchev–Trinajstić information content (AvgIpc) is 2.30. The van der Waals surface area contributed by atoms with Gasteiger partial charge in [0, 0.05) is 19.5 Å². The van der Waals surface area contributed by atoms with Crippen LogP contribution in [0.25, 0.3) is 0 Å². The van der Waals surface area contributed by atoms with Crippen LogP contribution in [0, 0.1) is 0 Å². The zero-order valence-electron chi connectivity index (χ0n) is 9.31. The molecule has 0 saturated carbocycles. The third kappa shape index (κ3) is 3.27. The minimum absolute atomic E-state index is 0.00338. The molecule has 0 amide bonds. The van der Waals surface area contributed by atoms with Crippen molar-refractivity contribution in [2.24, 2.45) is 5.84 Å². The molecule has 4 heteroatoms. The first-order valence-electron chi connectivity index (χ1n) is 5.22. The summed E-state index contributed by atoms with van der Waals surface area (Å²) in [6, 6.07) is 3.90. The smallest absolute Gasteiger partial charge is 0.0779 e. The van der Waals surface area contributed by atoms with E-state index >= 15 is 0 Å². The molecule has 1 heterocycles. The van der Waals surface area contributed by atoms with Crippen molar-refractivity contribution >= 4 is 0 Å². The van der Waals surface area contributed by atoms with E-state index in [9.17, 15) is 0 Å². The second-order valence-corrected chi connectivity index (χ2v) is 3.49. The van der Waals surface area contributed by atoms with Gasteiger partial charge in [-0.1, -0.05) is 19.4 Å². The molecule has 1 aromatic rings. The molecule has 0 fully saturated rings. The lowest BCUT2D eigenvalue weighted by Crippen LogP contribution is -2.37. The number of rotatable bonds is 6. The Bertz CT molecular complexity index is 266. The Morgan fingerprint density at radius 1 is 1.60 bits per heavy atom. The largest absolute Gasteiger partial charge is 0.379 e. The zero-order valence-corrected chi connectivity index (χ0v) is 9.31. The van der Waals surface area contributed by atoms with Crippen LogP contribution in [-0.2, 0) is 4.74 Å². The molecule has 0 aliphatic heterocycles. The molecule has 84 valence electrons. The fourth-order valence-corrected chi connectivity index (χ4v) is 1.68. The van der Waals surface area contributed by atoms with Gasteiger partial charge in [-0.2, -0.15) is 0 Å². The normalized spacial score (nSPS) is 14.9. The van der Waals surface area contributed by atoms with Crippen LogP contribution in [0.1, 0.15) is 31.4 Å². The minimum Gasteiger partial charge on any atom is -0.379 e. The van der Waals surface area contributed by atoms with Crippen molar-refractivity contribution in [3.8, 4) is 0 Å². The molecule has 0 spiro atoms. The molecule has 0 bridgehead atoms. The standard InChI is InChI=1S/C11H19N3O/c1-3-5-10(15-2)11(14-12)9-6-4-7-13-8-9/h4,6-8,10-11,14H,3,5,12H2,1-2H3. The number of hydrogen-bond acceptors (Lipinski definition) is 4. The third-order valence-electron chi connectivity index (χ3n) is 2.47. The highest BCUT2D eigenvalue weighted by Crippen LogP contribution is 2.20. The van der Waals surface area contributed by atoms with Crippen LogP contribution >= 0.6 is 0 Å². The topological polar surface area (TPSA) is 60.2 Å².